The molecule has 1 aliphatic rings. The fourth-order valence-corrected chi connectivity index (χ4v) is 3.22. The molecule has 1 aliphatic carbocycles. The Hall–Kier alpha value is -2.72. The predicted octanol–water partition coefficient (Wildman–Crippen LogP) is 6.52. The molecule has 0 N–H and O–H groups in total. The summed E-state index contributed by atoms with van der Waals surface area (Å²) in [6.07, 6.45) is 14.8. The molecular weight excluding hydrogens is 335 g/mol. The second-order valence-corrected chi connectivity index (χ2v) is 7.34. The van der Waals surface area contributed by atoms with Crippen molar-refractivity contribution in [3.8, 4) is 22.9 Å². The topological polar surface area (TPSA) is 0 Å². The standard InChI is InChI=1S/C27H28B/c1-3-4-5-6-7-8-21-28-27-19-17-26(18-20-27)25-15-13-24(14-16-25)23-11-9-22(2)10-12-23/h9-20H,3-7H2,1-2H3/q-1. The van der Waals surface area contributed by atoms with Crippen LogP contribution in [-0.4, -0.2) is 12.4 Å². The number of allylic oxidation sites excluding steroid dienone is 4. The van der Waals surface area contributed by atoms with Gasteiger partial charge >= 0.3 is 164 Å². The van der Waals surface area contributed by atoms with Crippen LogP contribution in [0.25, 0.3) is 11.1 Å². The van der Waals surface area contributed by atoms with Crippen LogP contribution in [0.3, 0.4) is 0 Å². The van der Waals surface area contributed by atoms with Crippen LogP contribution in [0.5, 0.6) is 0 Å². The molecule has 0 bridgehead atoms. The Bertz CT molecular complexity index is 883. The number of rotatable bonds is 6. The molecule has 2 aromatic carbocycles. The monoisotopic (exact) mass is 363 g/mol. The van der Waals surface area contributed by atoms with Crippen molar-refractivity contribution in [2.75, 3.05) is 0 Å². The molecule has 140 valence electrons. The third-order valence-electron chi connectivity index (χ3n) is 5.01. The van der Waals surface area contributed by atoms with E-state index in [0.29, 0.717) is 0 Å². The molecule has 0 aromatic heterocycles. The predicted molar refractivity (Wildman–Crippen MR) is 125 cm³/mol. The van der Waals surface area contributed by atoms with Crippen LogP contribution < -0.4 is 0 Å². The maximum atomic E-state index is 3.26. The quantitative estimate of drug-likeness (QED) is 0.237. The van der Waals surface area contributed by atoms with E-state index in [1.807, 2.05) is 6.92 Å². The van der Waals surface area contributed by atoms with Gasteiger partial charge in [-0.15, -0.1) is 0 Å². The van der Waals surface area contributed by atoms with Gasteiger partial charge in [-0.2, -0.15) is 0 Å². The molecule has 0 spiro atoms. The van der Waals surface area contributed by atoms with Gasteiger partial charge in [0.25, 0.3) is 0 Å². The summed E-state index contributed by atoms with van der Waals surface area (Å²) in [5.41, 5.74) is 6.21. The molecule has 2 aromatic rings. The van der Waals surface area contributed by atoms with Crippen LogP contribution in [0.1, 0.15) is 50.2 Å². The van der Waals surface area contributed by atoms with E-state index in [1.165, 1.54) is 59.3 Å². The second-order valence-electron chi connectivity index (χ2n) is 7.34. The first-order valence-electron chi connectivity index (χ1n) is 10.4. The van der Waals surface area contributed by atoms with Crippen LogP contribution in [0, 0.1) is 24.6 Å². The molecule has 1 heteroatoms. The first kappa shape index (κ1) is 20.0. The van der Waals surface area contributed by atoms with Gasteiger partial charge in [0.2, 0.25) is 0 Å². The average molecular weight is 363 g/mol. The summed E-state index contributed by atoms with van der Waals surface area (Å²) in [5, 5.41) is 0. The van der Waals surface area contributed by atoms with Gasteiger partial charge in [0, 0.05) is 0 Å². The SMILES string of the molecule is CCCCCCC#CB=C1C=C[C-](c2ccc(-c3ccc(C)cc3)cc2)C=C1. The van der Waals surface area contributed by atoms with Crippen LogP contribution in [-0.2, 0) is 0 Å². The Balaban J connectivity index is 1.56. The minimum atomic E-state index is 1.00. The van der Waals surface area contributed by atoms with Crippen molar-refractivity contribution in [3.05, 3.63) is 89.9 Å². The van der Waals surface area contributed by atoms with Crippen molar-refractivity contribution in [2.45, 2.75) is 46.0 Å². The van der Waals surface area contributed by atoms with Crippen molar-refractivity contribution in [2.24, 2.45) is 0 Å². The molecule has 0 fully saturated rings. The van der Waals surface area contributed by atoms with E-state index in [4.69, 9.17) is 0 Å². The average Bonchev–Trinajstić information content (AvgIpc) is 2.74. The fourth-order valence-electron chi connectivity index (χ4n) is 3.22. The Labute approximate surface area is 171 Å². The van der Waals surface area contributed by atoms with Crippen LogP contribution in [0.2, 0.25) is 0 Å². The molecule has 0 atom stereocenters. The maximum absolute atomic E-state index is 3.26. The van der Waals surface area contributed by atoms with E-state index < -0.39 is 0 Å². The Kier molecular flexibility index (Phi) is 7.57. The molecule has 0 radical (unpaired) electrons. The van der Waals surface area contributed by atoms with E-state index in [1.54, 1.807) is 0 Å². The summed E-state index contributed by atoms with van der Waals surface area (Å²) >= 11 is 0. The first-order chi connectivity index (χ1) is 13.8. The zero-order valence-electron chi connectivity index (χ0n) is 17.0. The molecule has 0 saturated heterocycles. The van der Waals surface area contributed by atoms with Crippen molar-refractivity contribution >= 4 is 12.4 Å². The number of unbranched alkanes of at least 4 members (excludes halogenated alkanes) is 4. The number of hydrogen-bond donors (Lipinski definition) is 0. The van der Waals surface area contributed by atoms with Crippen LogP contribution >= 0.6 is 0 Å². The molecule has 0 heterocycles. The minimum absolute atomic E-state index is 1.00. The summed E-state index contributed by atoms with van der Waals surface area (Å²) in [6, 6.07) is 17.5. The summed E-state index contributed by atoms with van der Waals surface area (Å²) in [4.78, 5) is 0. The van der Waals surface area contributed by atoms with Crippen molar-refractivity contribution in [1.29, 1.82) is 0 Å². The van der Waals surface area contributed by atoms with Gasteiger partial charge in [-0.05, 0) is 6.92 Å². The van der Waals surface area contributed by atoms with E-state index in [0.717, 1.165) is 6.42 Å². The summed E-state index contributed by atoms with van der Waals surface area (Å²) < 4.78 is 0. The zero-order chi connectivity index (χ0) is 19.6. The Morgan fingerprint density at radius 3 is 2.11 bits per heavy atom. The molecular formula is C27H28B-. The van der Waals surface area contributed by atoms with Gasteiger partial charge in [-0.3, -0.25) is 0 Å². The van der Waals surface area contributed by atoms with Crippen LogP contribution in [0.4, 0.5) is 0 Å². The van der Waals surface area contributed by atoms with Gasteiger partial charge in [-0.25, -0.2) is 0 Å². The van der Waals surface area contributed by atoms with Crippen molar-refractivity contribution in [3.63, 3.8) is 0 Å². The van der Waals surface area contributed by atoms with Gasteiger partial charge in [0.15, 0.2) is 0 Å². The number of aryl methyl sites for hydroxylation is 1. The Morgan fingerprint density at radius 1 is 0.821 bits per heavy atom. The second kappa shape index (κ2) is 10.6. The Morgan fingerprint density at radius 2 is 1.46 bits per heavy atom. The third-order valence-corrected chi connectivity index (χ3v) is 5.01. The number of hydrogen-bond acceptors (Lipinski definition) is 0. The summed E-state index contributed by atoms with van der Waals surface area (Å²) in [6.45, 7) is 6.37. The normalized spacial score (nSPS) is 12.5. The third kappa shape index (κ3) is 5.90. The van der Waals surface area contributed by atoms with Crippen molar-refractivity contribution < 1.29 is 0 Å². The molecule has 0 nitrogen and oxygen atoms in total. The summed E-state index contributed by atoms with van der Waals surface area (Å²) in [5.74, 6) is 7.69. The summed E-state index contributed by atoms with van der Waals surface area (Å²) in [7, 11) is 0. The molecule has 0 unspecified atom stereocenters. The van der Waals surface area contributed by atoms with E-state index in [2.05, 4.69) is 98.4 Å². The van der Waals surface area contributed by atoms with Gasteiger partial charge in [0.05, 0.1) is 0 Å². The fraction of sp³-hybridized carbons (Fsp3) is 0.259. The van der Waals surface area contributed by atoms with Gasteiger partial charge < -0.3 is 0 Å². The molecule has 3 rings (SSSR count). The van der Waals surface area contributed by atoms with Crippen molar-refractivity contribution in [1.82, 2.24) is 0 Å². The zero-order valence-corrected chi connectivity index (χ0v) is 17.0. The molecule has 0 amide bonds. The number of benzene rings is 2. The van der Waals surface area contributed by atoms with Crippen LogP contribution in [0.15, 0.2) is 72.8 Å². The molecule has 28 heavy (non-hydrogen) atoms. The molecule has 0 aliphatic heterocycles. The van der Waals surface area contributed by atoms with E-state index in [9.17, 15) is 0 Å². The van der Waals surface area contributed by atoms with E-state index >= 15 is 0 Å². The van der Waals surface area contributed by atoms with Gasteiger partial charge in [-0.1, -0.05) is 0 Å². The first-order valence-corrected chi connectivity index (χ1v) is 10.4. The van der Waals surface area contributed by atoms with E-state index in [-0.39, 0.29) is 0 Å². The molecule has 0 saturated carbocycles. The van der Waals surface area contributed by atoms with Gasteiger partial charge in [0.1, 0.15) is 0 Å².